The fraction of sp³-hybridized carbons (Fsp3) is 0.917. The molecular formula is C12H25N3O2. The average molecular weight is 243 g/mol. The van der Waals surface area contributed by atoms with E-state index >= 15 is 0 Å². The second kappa shape index (κ2) is 7.63. The average Bonchev–Trinajstić information content (AvgIpc) is 2.27. The lowest BCUT2D eigenvalue weighted by atomic mass is 10.3. The van der Waals surface area contributed by atoms with Crippen molar-refractivity contribution in [3.8, 4) is 0 Å². The van der Waals surface area contributed by atoms with E-state index in [-0.39, 0.29) is 11.9 Å². The Hall–Kier alpha value is -0.650. The Bertz CT molecular complexity index is 226. The number of carbonyl (C=O) groups excluding carboxylic acids is 1. The molecule has 0 saturated carbocycles. The number of amides is 1. The van der Waals surface area contributed by atoms with Gasteiger partial charge in [0, 0.05) is 45.9 Å². The molecule has 100 valence electrons. The summed E-state index contributed by atoms with van der Waals surface area (Å²) < 4.78 is 5.06. The first-order chi connectivity index (χ1) is 8.11. The van der Waals surface area contributed by atoms with Crippen molar-refractivity contribution in [3.63, 3.8) is 0 Å². The van der Waals surface area contributed by atoms with Crippen molar-refractivity contribution < 1.29 is 9.53 Å². The molecule has 0 spiro atoms. The molecule has 1 aliphatic heterocycles. The zero-order valence-electron chi connectivity index (χ0n) is 11.2. The van der Waals surface area contributed by atoms with Crippen LogP contribution in [0.4, 0.5) is 0 Å². The Balaban J connectivity index is 2.16. The number of hydrogen-bond donors (Lipinski definition) is 1. The topological polar surface area (TPSA) is 44.8 Å². The molecule has 1 rings (SSSR count). The summed E-state index contributed by atoms with van der Waals surface area (Å²) in [5, 5.41) is 2.92. The monoisotopic (exact) mass is 243 g/mol. The Labute approximate surface area is 104 Å². The van der Waals surface area contributed by atoms with Crippen molar-refractivity contribution >= 4 is 5.91 Å². The molecule has 1 saturated heterocycles. The molecule has 5 nitrogen and oxygen atoms in total. The van der Waals surface area contributed by atoms with Gasteiger partial charge in [-0.2, -0.15) is 0 Å². The largest absolute Gasteiger partial charge is 0.383 e. The third-order valence-electron chi connectivity index (χ3n) is 2.89. The molecule has 5 heteroatoms. The van der Waals surface area contributed by atoms with E-state index < -0.39 is 0 Å². The van der Waals surface area contributed by atoms with Gasteiger partial charge in [-0.25, -0.2) is 0 Å². The van der Waals surface area contributed by atoms with Gasteiger partial charge in [-0.3, -0.25) is 14.6 Å². The molecule has 0 bridgehead atoms. The van der Waals surface area contributed by atoms with Crippen LogP contribution >= 0.6 is 0 Å². The number of nitrogens with one attached hydrogen (secondary N) is 1. The molecule has 0 unspecified atom stereocenters. The molecule has 1 amide bonds. The lowest BCUT2D eigenvalue weighted by Crippen LogP contribution is -2.50. The van der Waals surface area contributed by atoms with E-state index in [0.717, 1.165) is 39.3 Å². The summed E-state index contributed by atoms with van der Waals surface area (Å²) >= 11 is 0. The van der Waals surface area contributed by atoms with Gasteiger partial charge in [-0.15, -0.1) is 0 Å². The molecule has 0 aliphatic carbocycles. The van der Waals surface area contributed by atoms with Crippen molar-refractivity contribution in [2.45, 2.75) is 19.9 Å². The van der Waals surface area contributed by atoms with Crippen molar-refractivity contribution in [3.05, 3.63) is 0 Å². The van der Waals surface area contributed by atoms with Crippen LogP contribution < -0.4 is 5.32 Å². The minimum atomic E-state index is 0.130. The first kappa shape index (κ1) is 14.4. The van der Waals surface area contributed by atoms with Gasteiger partial charge in [0.1, 0.15) is 0 Å². The molecule has 1 heterocycles. The Morgan fingerprint density at radius 2 is 1.82 bits per heavy atom. The van der Waals surface area contributed by atoms with Crippen LogP contribution in [0.3, 0.4) is 0 Å². The van der Waals surface area contributed by atoms with Crippen LogP contribution in [0.2, 0.25) is 0 Å². The van der Waals surface area contributed by atoms with Gasteiger partial charge < -0.3 is 10.1 Å². The Morgan fingerprint density at radius 3 is 2.35 bits per heavy atom. The molecule has 1 N–H and O–H groups in total. The second-order valence-electron chi connectivity index (χ2n) is 4.83. The molecule has 17 heavy (non-hydrogen) atoms. The Kier molecular flexibility index (Phi) is 6.47. The predicted molar refractivity (Wildman–Crippen MR) is 68.0 cm³/mol. The lowest BCUT2D eigenvalue weighted by Gasteiger charge is -2.34. The molecule has 1 fully saturated rings. The zero-order chi connectivity index (χ0) is 12.7. The fourth-order valence-corrected chi connectivity index (χ4v) is 1.96. The van der Waals surface area contributed by atoms with Crippen LogP contribution in [0.5, 0.6) is 0 Å². The van der Waals surface area contributed by atoms with Crippen molar-refractivity contribution in [2.24, 2.45) is 0 Å². The van der Waals surface area contributed by atoms with Gasteiger partial charge in [0.15, 0.2) is 0 Å². The van der Waals surface area contributed by atoms with Crippen LogP contribution in [-0.4, -0.2) is 74.7 Å². The van der Waals surface area contributed by atoms with Crippen LogP contribution in [-0.2, 0) is 9.53 Å². The molecule has 1 aliphatic rings. The van der Waals surface area contributed by atoms with E-state index in [0.29, 0.717) is 6.54 Å². The molecular weight excluding hydrogens is 218 g/mol. The number of nitrogens with zero attached hydrogens (tertiary/aromatic N) is 2. The minimum Gasteiger partial charge on any atom is -0.383 e. The summed E-state index contributed by atoms with van der Waals surface area (Å²) in [4.78, 5) is 16.2. The van der Waals surface area contributed by atoms with Gasteiger partial charge in [0.25, 0.3) is 0 Å². The maximum atomic E-state index is 11.6. The van der Waals surface area contributed by atoms with E-state index in [1.54, 1.807) is 7.11 Å². The van der Waals surface area contributed by atoms with E-state index in [4.69, 9.17) is 4.74 Å². The highest BCUT2D eigenvalue weighted by Crippen LogP contribution is 2.00. The van der Waals surface area contributed by atoms with Crippen molar-refractivity contribution in [1.29, 1.82) is 0 Å². The zero-order valence-corrected chi connectivity index (χ0v) is 11.2. The number of rotatable bonds is 6. The van der Waals surface area contributed by atoms with Crippen LogP contribution in [0, 0.1) is 0 Å². The summed E-state index contributed by atoms with van der Waals surface area (Å²) in [6.07, 6.45) is 0. The third-order valence-corrected chi connectivity index (χ3v) is 2.89. The van der Waals surface area contributed by atoms with Gasteiger partial charge in [-0.05, 0) is 13.8 Å². The lowest BCUT2D eigenvalue weighted by molar-refractivity contribution is -0.123. The second-order valence-corrected chi connectivity index (χ2v) is 4.83. The summed E-state index contributed by atoms with van der Waals surface area (Å²) in [7, 11) is 1.73. The first-order valence-electron chi connectivity index (χ1n) is 6.35. The van der Waals surface area contributed by atoms with Gasteiger partial charge >= 0.3 is 0 Å². The SMILES string of the molecule is COCCN1CCN(CC(=O)NC(C)C)CC1. The summed E-state index contributed by atoms with van der Waals surface area (Å²) in [6, 6.07) is 0.227. The summed E-state index contributed by atoms with van der Waals surface area (Å²) in [5.74, 6) is 0.130. The third kappa shape index (κ3) is 6.00. The molecule has 0 radical (unpaired) electrons. The molecule has 0 aromatic carbocycles. The fourth-order valence-electron chi connectivity index (χ4n) is 1.96. The standard InChI is InChI=1S/C12H25N3O2/c1-11(2)13-12(16)10-15-6-4-14(5-7-15)8-9-17-3/h11H,4-10H2,1-3H3,(H,13,16). The number of hydrogen-bond acceptors (Lipinski definition) is 4. The quantitative estimate of drug-likeness (QED) is 0.700. The minimum absolute atomic E-state index is 0.130. The molecule has 0 aromatic rings. The van der Waals surface area contributed by atoms with Crippen molar-refractivity contribution in [1.82, 2.24) is 15.1 Å². The Morgan fingerprint density at radius 1 is 1.24 bits per heavy atom. The molecule has 0 aromatic heterocycles. The number of methoxy groups -OCH3 is 1. The smallest absolute Gasteiger partial charge is 0.234 e. The predicted octanol–water partition coefficient (Wildman–Crippen LogP) is -0.225. The van der Waals surface area contributed by atoms with E-state index in [1.165, 1.54) is 0 Å². The maximum absolute atomic E-state index is 11.6. The highest BCUT2D eigenvalue weighted by molar-refractivity contribution is 5.78. The number of ether oxygens (including phenoxy) is 1. The van der Waals surface area contributed by atoms with E-state index in [2.05, 4.69) is 15.1 Å². The molecule has 0 atom stereocenters. The van der Waals surface area contributed by atoms with Gasteiger partial charge in [-0.1, -0.05) is 0 Å². The van der Waals surface area contributed by atoms with Crippen LogP contribution in [0.15, 0.2) is 0 Å². The first-order valence-corrected chi connectivity index (χ1v) is 6.35. The highest BCUT2D eigenvalue weighted by Gasteiger charge is 2.18. The van der Waals surface area contributed by atoms with Gasteiger partial charge in [0.05, 0.1) is 13.2 Å². The normalized spacial score (nSPS) is 18.6. The van der Waals surface area contributed by atoms with E-state index in [1.807, 2.05) is 13.8 Å². The van der Waals surface area contributed by atoms with Crippen molar-refractivity contribution in [2.75, 3.05) is 53.0 Å². The van der Waals surface area contributed by atoms with Gasteiger partial charge in [0.2, 0.25) is 5.91 Å². The van der Waals surface area contributed by atoms with Crippen LogP contribution in [0.1, 0.15) is 13.8 Å². The van der Waals surface area contributed by atoms with E-state index in [9.17, 15) is 4.79 Å². The summed E-state index contributed by atoms with van der Waals surface area (Å²) in [6.45, 7) is 10.3. The highest BCUT2D eigenvalue weighted by atomic mass is 16.5. The summed E-state index contributed by atoms with van der Waals surface area (Å²) in [5.41, 5.74) is 0. The maximum Gasteiger partial charge on any atom is 0.234 e. The number of piperazine rings is 1. The number of carbonyl (C=O) groups is 1. The van der Waals surface area contributed by atoms with Crippen LogP contribution in [0.25, 0.3) is 0 Å².